The second-order valence-corrected chi connectivity index (χ2v) is 7.16. The number of hydrogen-bond donors (Lipinski definition) is 3. The van der Waals surface area contributed by atoms with E-state index in [0.717, 1.165) is 11.1 Å². The fourth-order valence-corrected chi connectivity index (χ4v) is 3.70. The minimum Gasteiger partial charge on any atom is -0.508 e. The highest BCUT2D eigenvalue weighted by Gasteiger charge is 2.15. The number of nitrogens with zero attached hydrogens (tertiary/aromatic N) is 5. The maximum absolute atomic E-state index is 13.4. The lowest BCUT2D eigenvalue weighted by Gasteiger charge is -2.15. The van der Waals surface area contributed by atoms with Gasteiger partial charge in [-0.05, 0) is 30.7 Å². The van der Waals surface area contributed by atoms with Crippen molar-refractivity contribution in [3.05, 3.63) is 76.9 Å². The predicted octanol–water partition coefficient (Wildman–Crippen LogP) is 2.72. The molecule has 9 nitrogen and oxygen atoms in total. The quantitative estimate of drug-likeness (QED) is 0.405. The van der Waals surface area contributed by atoms with Gasteiger partial charge in [-0.1, -0.05) is 18.2 Å². The zero-order chi connectivity index (χ0) is 21.4. The molecule has 0 spiro atoms. The van der Waals surface area contributed by atoms with Gasteiger partial charge >= 0.3 is 0 Å². The number of imidazole rings is 1. The third-order valence-corrected chi connectivity index (χ3v) is 5.13. The third-order valence-electron chi connectivity index (χ3n) is 5.13. The van der Waals surface area contributed by atoms with E-state index in [9.17, 15) is 9.90 Å². The Hall–Kier alpha value is -4.27. The number of phenolic OH excluding ortho intramolecular Hbond substituents is 1. The first-order valence-electron chi connectivity index (χ1n) is 9.80. The maximum Gasteiger partial charge on any atom is 0.266 e. The van der Waals surface area contributed by atoms with E-state index in [1.165, 1.54) is 6.33 Å². The first kappa shape index (κ1) is 18.7. The van der Waals surface area contributed by atoms with Crippen LogP contribution in [0, 0.1) is 6.92 Å². The van der Waals surface area contributed by atoms with Gasteiger partial charge in [0.2, 0.25) is 0 Å². The minimum absolute atomic E-state index is 0.0842. The molecule has 3 N–H and O–H groups in total. The Labute approximate surface area is 176 Å². The molecule has 0 atom stereocenters. The highest BCUT2D eigenvalue weighted by molar-refractivity contribution is 5.82. The van der Waals surface area contributed by atoms with Crippen molar-refractivity contribution in [3.63, 3.8) is 0 Å². The van der Waals surface area contributed by atoms with Gasteiger partial charge in [-0.2, -0.15) is 0 Å². The van der Waals surface area contributed by atoms with Gasteiger partial charge < -0.3 is 15.4 Å². The molecule has 0 saturated heterocycles. The van der Waals surface area contributed by atoms with Crippen LogP contribution in [0.1, 0.15) is 11.4 Å². The fourth-order valence-electron chi connectivity index (χ4n) is 3.70. The van der Waals surface area contributed by atoms with Crippen LogP contribution < -0.4 is 10.9 Å². The summed E-state index contributed by atoms with van der Waals surface area (Å²) in [4.78, 5) is 33.7. The molecule has 3 aromatic heterocycles. The van der Waals surface area contributed by atoms with Gasteiger partial charge in [0, 0.05) is 19.0 Å². The van der Waals surface area contributed by atoms with E-state index in [4.69, 9.17) is 4.98 Å². The molecule has 5 rings (SSSR count). The van der Waals surface area contributed by atoms with Crippen LogP contribution in [0.2, 0.25) is 0 Å². The van der Waals surface area contributed by atoms with E-state index in [1.807, 2.05) is 25.1 Å². The van der Waals surface area contributed by atoms with Gasteiger partial charge in [0.15, 0.2) is 11.5 Å². The summed E-state index contributed by atoms with van der Waals surface area (Å²) >= 11 is 0. The smallest absolute Gasteiger partial charge is 0.266 e. The van der Waals surface area contributed by atoms with Crippen LogP contribution in [-0.2, 0) is 6.42 Å². The van der Waals surface area contributed by atoms with E-state index < -0.39 is 0 Å². The van der Waals surface area contributed by atoms with Crippen LogP contribution in [0.3, 0.4) is 0 Å². The number of aryl methyl sites for hydroxylation is 1. The number of benzene rings is 2. The summed E-state index contributed by atoms with van der Waals surface area (Å²) in [6.07, 6.45) is 3.47. The summed E-state index contributed by atoms with van der Waals surface area (Å²) in [7, 11) is 0. The summed E-state index contributed by atoms with van der Waals surface area (Å²) < 4.78 is 1.56. The van der Waals surface area contributed by atoms with Crippen LogP contribution in [0.25, 0.3) is 27.8 Å². The van der Waals surface area contributed by atoms with Crippen molar-refractivity contribution >= 4 is 27.9 Å². The molecule has 0 fully saturated rings. The summed E-state index contributed by atoms with van der Waals surface area (Å²) in [6.45, 7) is 2.37. The number of hydrogen-bond acceptors (Lipinski definition) is 7. The number of nitrogens with one attached hydrogen (secondary N) is 2. The van der Waals surface area contributed by atoms with E-state index in [1.54, 1.807) is 35.2 Å². The Bertz CT molecular complexity index is 1470. The zero-order valence-corrected chi connectivity index (χ0v) is 16.7. The Morgan fingerprint density at radius 3 is 2.87 bits per heavy atom. The Balaban J connectivity index is 1.56. The zero-order valence-electron chi connectivity index (χ0n) is 16.7. The first-order chi connectivity index (χ1) is 15.1. The molecule has 0 aliphatic rings. The van der Waals surface area contributed by atoms with Crippen molar-refractivity contribution in [1.29, 1.82) is 0 Å². The molecular weight excluding hydrogens is 394 g/mol. The van der Waals surface area contributed by atoms with E-state index >= 15 is 0 Å². The summed E-state index contributed by atoms with van der Waals surface area (Å²) in [5.74, 6) is 1.29. The number of anilines is 1. The third kappa shape index (κ3) is 3.35. The highest BCUT2D eigenvalue weighted by atomic mass is 16.3. The Morgan fingerprint density at radius 2 is 2.00 bits per heavy atom. The van der Waals surface area contributed by atoms with Crippen LogP contribution in [0.4, 0.5) is 5.82 Å². The molecule has 9 heteroatoms. The molecule has 0 amide bonds. The molecule has 3 heterocycles. The average molecular weight is 413 g/mol. The lowest BCUT2D eigenvalue weighted by molar-refractivity contribution is 0.475. The van der Waals surface area contributed by atoms with E-state index in [2.05, 4.69) is 25.3 Å². The second-order valence-electron chi connectivity index (χ2n) is 7.16. The van der Waals surface area contributed by atoms with Gasteiger partial charge in [-0.15, -0.1) is 0 Å². The fraction of sp³-hybridized carbons (Fsp3) is 0.136. The summed E-state index contributed by atoms with van der Waals surface area (Å²) in [5, 5.41) is 13.8. The Morgan fingerprint density at radius 1 is 1.13 bits per heavy atom. The number of aromatic amines is 1. The van der Waals surface area contributed by atoms with E-state index in [-0.39, 0.29) is 11.3 Å². The van der Waals surface area contributed by atoms with Crippen molar-refractivity contribution in [2.45, 2.75) is 13.3 Å². The molecule has 2 aromatic carbocycles. The Kier molecular flexibility index (Phi) is 4.55. The van der Waals surface area contributed by atoms with Crippen molar-refractivity contribution in [3.8, 4) is 11.4 Å². The van der Waals surface area contributed by atoms with Crippen LogP contribution in [0.5, 0.6) is 5.75 Å². The SMILES string of the molecule is Cc1cccc2nc(CCNc3ncnc4nc[nH]c34)n(-c3cccc(O)c3)c(=O)c12. The van der Waals surface area contributed by atoms with Crippen molar-refractivity contribution in [2.75, 3.05) is 11.9 Å². The van der Waals surface area contributed by atoms with Crippen LogP contribution >= 0.6 is 0 Å². The minimum atomic E-state index is -0.165. The number of phenols is 1. The summed E-state index contributed by atoms with van der Waals surface area (Å²) in [5.41, 5.74) is 3.20. The summed E-state index contributed by atoms with van der Waals surface area (Å²) in [6, 6.07) is 12.2. The topological polar surface area (TPSA) is 122 Å². The second kappa shape index (κ2) is 7.52. The van der Waals surface area contributed by atoms with Crippen LogP contribution in [-0.4, -0.2) is 41.1 Å². The van der Waals surface area contributed by atoms with Gasteiger partial charge in [0.25, 0.3) is 5.56 Å². The van der Waals surface area contributed by atoms with Gasteiger partial charge in [0.1, 0.15) is 23.4 Å². The number of rotatable bonds is 5. The number of fused-ring (bicyclic) bond motifs is 2. The highest BCUT2D eigenvalue weighted by Crippen LogP contribution is 2.20. The molecule has 31 heavy (non-hydrogen) atoms. The van der Waals surface area contributed by atoms with Crippen LogP contribution in [0.15, 0.2) is 59.9 Å². The molecule has 0 bridgehead atoms. The van der Waals surface area contributed by atoms with Gasteiger partial charge in [0.05, 0.1) is 22.9 Å². The molecule has 0 saturated carbocycles. The average Bonchev–Trinajstić information content (AvgIpc) is 3.23. The number of aromatic nitrogens is 6. The predicted molar refractivity (Wildman–Crippen MR) is 118 cm³/mol. The molecule has 0 radical (unpaired) electrons. The molecule has 0 unspecified atom stereocenters. The lowest BCUT2D eigenvalue weighted by Crippen LogP contribution is -2.26. The lowest BCUT2D eigenvalue weighted by atomic mass is 10.1. The number of aromatic hydroxyl groups is 1. The van der Waals surface area contributed by atoms with Gasteiger partial charge in [-0.25, -0.2) is 19.9 Å². The standard InChI is InChI=1S/C22H19N7O2/c1-13-4-2-7-16-18(13)22(31)29(14-5-3-6-15(30)10-14)17(28-16)8-9-23-20-19-21(25-11-24-19)27-12-26-20/h2-7,10-12,30H,8-9H2,1H3,(H2,23,24,25,26,27). The largest absolute Gasteiger partial charge is 0.508 e. The normalized spacial score (nSPS) is 11.3. The van der Waals surface area contributed by atoms with Crippen molar-refractivity contribution in [1.82, 2.24) is 29.5 Å². The van der Waals surface area contributed by atoms with Crippen molar-refractivity contribution < 1.29 is 5.11 Å². The monoisotopic (exact) mass is 413 g/mol. The van der Waals surface area contributed by atoms with Gasteiger partial charge in [-0.3, -0.25) is 9.36 Å². The molecular formula is C22H19N7O2. The molecule has 0 aliphatic carbocycles. The molecule has 0 aliphatic heterocycles. The molecule has 5 aromatic rings. The van der Waals surface area contributed by atoms with E-state index in [0.29, 0.717) is 46.8 Å². The first-order valence-corrected chi connectivity index (χ1v) is 9.80. The molecule has 154 valence electrons. The maximum atomic E-state index is 13.4. The van der Waals surface area contributed by atoms with Crippen molar-refractivity contribution in [2.24, 2.45) is 0 Å². The number of H-pyrrole nitrogens is 1.